The van der Waals surface area contributed by atoms with E-state index in [1.807, 2.05) is 12.1 Å². The van der Waals surface area contributed by atoms with Crippen LogP contribution in [-0.2, 0) is 21.1 Å². The molecule has 1 rings (SSSR count). The molecule has 0 aliphatic carbocycles. The monoisotopic (exact) mass is 298 g/mol. The summed E-state index contributed by atoms with van der Waals surface area (Å²) >= 11 is 0. The molecule has 1 aromatic carbocycles. The maximum absolute atomic E-state index is 10.6. The van der Waals surface area contributed by atoms with Crippen LogP contribution < -0.4 is 0 Å². The van der Waals surface area contributed by atoms with Gasteiger partial charge in [-0.2, -0.15) is 0 Å². The molecule has 0 saturated carbocycles. The second-order valence-corrected chi connectivity index (χ2v) is 8.81. The van der Waals surface area contributed by atoms with Crippen LogP contribution in [0.25, 0.3) is 0 Å². The standard InChI is InChI=1S/C15H23O2PS/c1-14(2,3)11-7-10(9-19-18-17)8-12(13(11)16)15(4,5)6/h7-8,16H,9H2,1-6H3. The van der Waals surface area contributed by atoms with E-state index < -0.39 is 0 Å². The van der Waals surface area contributed by atoms with E-state index in [9.17, 15) is 9.67 Å². The summed E-state index contributed by atoms with van der Waals surface area (Å²) in [7, 11) is 1.43. The fraction of sp³-hybridized carbons (Fsp3) is 0.600. The Bertz CT molecular complexity index is 539. The molecule has 0 aromatic heterocycles. The molecule has 0 amide bonds. The maximum atomic E-state index is 10.6. The van der Waals surface area contributed by atoms with Crippen LogP contribution >= 0.6 is 17.8 Å². The molecule has 0 bridgehead atoms. The zero-order valence-electron chi connectivity index (χ0n) is 12.6. The van der Waals surface area contributed by atoms with Crippen LogP contribution in [-0.4, -0.2) is 5.11 Å². The third-order valence-electron chi connectivity index (χ3n) is 3.07. The normalized spacial score (nSPS) is 12.3. The summed E-state index contributed by atoms with van der Waals surface area (Å²) in [5.74, 6) is 1.09. The molecule has 0 radical (unpaired) electrons. The summed E-state index contributed by atoms with van der Waals surface area (Å²) in [5.41, 5.74) is 2.80. The molecule has 0 spiro atoms. The summed E-state index contributed by atoms with van der Waals surface area (Å²) in [4.78, 5) is 0. The summed E-state index contributed by atoms with van der Waals surface area (Å²) in [6, 6.07) is 4.06. The Morgan fingerprint density at radius 3 is 1.79 bits per heavy atom. The first-order valence-electron chi connectivity index (χ1n) is 6.39. The van der Waals surface area contributed by atoms with Crippen molar-refractivity contribution in [3.63, 3.8) is 0 Å². The molecule has 1 aromatic rings. The SMILES string of the molecule is CC(C)(C)c1cc(CS#P=O)cc(C(C)(C)C)c1O. The second-order valence-electron chi connectivity index (χ2n) is 6.89. The fourth-order valence-corrected chi connectivity index (χ4v) is 3.00. The van der Waals surface area contributed by atoms with E-state index in [1.54, 1.807) is 0 Å². The number of hydrogen-bond donors (Lipinski definition) is 1. The minimum absolute atomic E-state index is 0.0916. The summed E-state index contributed by atoms with van der Waals surface area (Å²) in [6.45, 7) is 12.6. The molecule has 0 saturated heterocycles. The van der Waals surface area contributed by atoms with Gasteiger partial charge >= 0.3 is 120 Å². The molecule has 4 heteroatoms. The van der Waals surface area contributed by atoms with Crippen LogP contribution in [0.1, 0.15) is 58.2 Å². The molecular weight excluding hydrogens is 275 g/mol. The summed E-state index contributed by atoms with van der Waals surface area (Å²) in [6.07, 6.45) is 0. The number of aromatic hydroxyl groups is 1. The Morgan fingerprint density at radius 1 is 1.05 bits per heavy atom. The molecule has 0 aliphatic rings. The van der Waals surface area contributed by atoms with Gasteiger partial charge in [0, 0.05) is 0 Å². The van der Waals surface area contributed by atoms with Crippen LogP contribution in [0, 0.1) is 0 Å². The summed E-state index contributed by atoms with van der Waals surface area (Å²) in [5, 5.41) is 10.5. The number of phenols is 1. The van der Waals surface area contributed by atoms with Crippen LogP contribution in [0.5, 0.6) is 5.75 Å². The Morgan fingerprint density at radius 2 is 1.47 bits per heavy atom. The van der Waals surface area contributed by atoms with E-state index >= 15 is 0 Å². The van der Waals surface area contributed by atoms with Gasteiger partial charge in [-0.25, -0.2) is 0 Å². The Balaban J connectivity index is 3.55. The van der Waals surface area contributed by atoms with Gasteiger partial charge < -0.3 is 0 Å². The van der Waals surface area contributed by atoms with Crippen molar-refractivity contribution >= 4 is 17.8 Å². The van der Waals surface area contributed by atoms with Crippen molar-refractivity contribution in [2.24, 2.45) is 0 Å². The van der Waals surface area contributed by atoms with Crippen LogP contribution in [0.15, 0.2) is 12.1 Å². The van der Waals surface area contributed by atoms with E-state index in [0.29, 0.717) is 11.5 Å². The number of hydrogen-bond acceptors (Lipinski definition) is 2. The topological polar surface area (TPSA) is 37.3 Å². The molecule has 0 aliphatic heterocycles. The van der Waals surface area contributed by atoms with E-state index in [-0.39, 0.29) is 17.9 Å². The van der Waals surface area contributed by atoms with Gasteiger partial charge in [-0.3, -0.25) is 0 Å². The first-order valence-corrected chi connectivity index (χ1v) is 8.79. The zero-order chi connectivity index (χ0) is 14.8. The molecule has 19 heavy (non-hydrogen) atoms. The van der Waals surface area contributed by atoms with E-state index in [4.69, 9.17) is 0 Å². The van der Waals surface area contributed by atoms with Gasteiger partial charge in [0.15, 0.2) is 0 Å². The van der Waals surface area contributed by atoms with Gasteiger partial charge in [0.05, 0.1) is 0 Å². The quantitative estimate of drug-likeness (QED) is 0.702. The molecular formula is C15H23O2PS. The van der Waals surface area contributed by atoms with Crippen molar-refractivity contribution in [1.82, 2.24) is 0 Å². The molecule has 0 atom stereocenters. The fourth-order valence-electron chi connectivity index (χ4n) is 2.02. The zero-order valence-corrected chi connectivity index (χ0v) is 14.3. The van der Waals surface area contributed by atoms with Gasteiger partial charge in [0.25, 0.3) is 0 Å². The van der Waals surface area contributed by atoms with Crippen LogP contribution in [0.3, 0.4) is 0 Å². The van der Waals surface area contributed by atoms with Gasteiger partial charge in [0.1, 0.15) is 0 Å². The summed E-state index contributed by atoms with van der Waals surface area (Å²) < 4.78 is 10.6. The number of phenolic OH excluding ortho intramolecular Hbond substituents is 1. The van der Waals surface area contributed by atoms with Crippen molar-refractivity contribution in [2.75, 3.05) is 0 Å². The van der Waals surface area contributed by atoms with Gasteiger partial charge in [-0.1, -0.05) is 0 Å². The van der Waals surface area contributed by atoms with Crippen LogP contribution in [0.2, 0.25) is 0 Å². The predicted molar refractivity (Wildman–Crippen MR) is 84.4 cm³/mol. The van der Waals surface area contributed by atoms with E-state index in [0.717, 1.165) is 16.7 Å². The molecule has 1 N–H and O–H groups in total. The second kappa shape index (κ2) is 5.85. The molecule has 0 unspecified atom stereocenters. The van der Waals surface area contributed by atoms with Crippen molar-refractivity contribution in [3.8, 4) is 5.75 Å². The van der Waals surface area contributed by atoms with Crippen molar-refractivity contribution in [3.05, 3.63) is 28.8 Å². The average molecular weight is 298 g/mol. The van der Waals surface area contributed by atoms with Crippen LogP contribution in [0.4, 0.5) is 0 Å². The number of benzene rings is 1. The Kier molecular flexibility index (Phi) is 5.08. The molecule has 2 nitrogen and oxygen atoms in total. The molecule has 0 fully saturated rings. The third kappa shape index (κ3) is 4.22. The van der Waals surface area contributed by atoms with E-state index in [1.165, 1.54) is 10.7 Å². The minimum atomic E-state index is -0.111. The third-order valence-corrected chi connectivity index (χ3v) is 4.34. The molecule has 0 heterocycles. The van der Waals surface area contributed by atoms with Gasteiger partial charge in [0.2, 0.25) is 0 Å². The Labute approximate surface area is 120 Å². The number of rotatable bonds is 1. The van der Waals surface area contributed by atoms with Crippen molar-refractivity contribution in [2.45, 2.75) is 58.1 Å². The molecule has 106 valence electrons. The van der Waals surface area contributed by atoms with Gasteiger partial charge in [-0.05, 0) is 0 Å². The van der Waals surface area contributed by atoms with Gasteiger partial charge in [-0.15, -0.1) is 0 Å². The van der Waals surface area contributed by atoms with Crippen molar-refractivity contribution in [1.29, 1.82) is 0 Å². The average Bonchev–Trinajstić information content (AvgIpc) is 2.24. The van der Waals surface area contributed by atoms with E-state index in [2.05, 4.69) is 41.5 Å². The first kappa shape index (κ1) is 16.5. The first-order chi connectivity index (χ1) is 8.57. The Hall–Kier alpha value is -0.530. The predicted octanol–water partition coefficient (Wildman–Crippen LogP) is 5.43. The van der Waals surface area contributed by atoms with Crippen molar-refractivity contribution < 1.29 is 9.67 Å².